The Morgan fingerprint density at radius 1 is 1.00 bits per heavy atom. The highest BCUT2D eigenvalue weighted by Crippen LogP contribution is 2.32. The van der Waals surface area contributed by atoms with Crippen LogP contribution in [0.1, 0.15) is 10.4 Å². The molecular formula is C13H9NO6. The van der Waals surface area contributed by atoms with Crippen molar-refractivity contribution in [3.63, 3.8) is 0 Å². The van der Waals surface area contributed by atoms with Crippen molar-refractivity contribution in [1.29, 1.82) is 0 Å². The number of carboxylic acid groups (broad SMARTS) is 1. The summed E-state index contributed by atoms with van der Waals surface area (Å²) in [5.74, 6) is -2.07. The molecule has 0 saturated carbocycles. The number of hydrogen-bond acceptors (Lipinski definition) is 5. The van der Waals surface area contributed by atoms with Gasteiger partial charge >= 0.3 is 5.97 Å². The van der Waals surface area contributed by atoms with Crippen molar-refractivity contribution in [1.82, 2.24) is 0 Å². The molecule has 0 saturated heterocycles. The summed E-state index contributed by atoms with van der Waals surface area (Å²) >= 11 is 0. The molecule has 2 aromatic rings. The van der Waals surface area contributed by atoms with Crippen LogP contribution >= 0.6 is 0 Å². The van der Waals surface area contributed by atoms with Gasteiger partial charge in [0.2, 0.25) is 0 Å². The molecule has 7 nitrogen and oxygen atoms in total. The molecule has 0 atom stereocenters. The summed E-state index contributed by atoms with van der Waals surface area (Å²) < 4.78 is 0. The summed E-state index contributed by atoms with van der Waals surface area (Å²) in [6.45, 7) is 0. The number of nitrogens with zero attached hydrogens (tertiary/aromatic N) is 1. The highest BCUT2D eigenvalue weighted by atomic mass is 16.6. The Labute approximate surface area is 112 Å². The number of carboxylic acids is 1. The first-order chi connectivity index (χ1) is 9.40. The van der Waals surface area contributed by atoms with E-state index in [0.717, 1.165) is 12.1 Å². The smallest absolute Gasteiger partial charge is 0.342 e. The molecule has 102 valence electrons. The highest BCUT2D eigenvalue weighted by Gasteiger charge is 2.20. The maximum Gasteiger partial charge on any atom is 0.342 e. The third-order valence-corrected chi connectivity index (χ3v) is 2.73. The number of carbonyl (C=O) groups is 1. The normalized spacial score (nSPS) is 10.2. The number of aromatic hydroxyl groups is 2. The van der Waals surface area contributed by atoms with Gasteiger partial charge in [0.1, 0.15) is 5.56 Å². The number of rotatable bonds is 3. The van der Waals surface area contributed by atoms with Crippen molar-refractivity contribution in [2.24, 2.45) is 0 Å². The van der Waals surface area contributed by atoms with Crippen LogP contribution in [-0.4, -0.2) is 26.2 Å². The lowest BCUT2D eigenvalue weighted by Gasteiger charge is -2.05. The van der Waals surface area contributed by atoms with E-state index in [1.807, 2.05) is 0 Å². The van der Waals surface area contributed by atoms with Crippen LogP contribution in [0.4, 0.5) is 5.69 Å². The molecule has 2 rings (SSSR count). The van der Waals surface area contributed by atoms with Crippen molar-refractivity contribution in [2.45, 2.75) is 0 Å². The van der Waals surface area contributed by atoms with Crippen molar-refractivity contribution < 1.29 is 25.0 Å². The van der Waals surface area contributed by atoms with E-state index in [1.54, 1.807) is 0 Å². The van der Waals surface area contributed by atoms with E-state index in [1.165, 1.54) is 24.3 Å². The molecule has 0 aliphatic rings. The van der Waals surface area contributed by atoms with Gasteiger partial charge < -0.3 is 15.3 Å². The summed E-state index contributed by atoms with van der Waals surface area (Å²) in [7, 11) is 0. The maximum absolute atomic E-state index is 10.9. The van der Waals surface area contributed by atoms with E-state index in [0.29, 0.717) is 11.1 Å². The molecule has 0 unspecified atom stereocenters. The van der Waals surface area contributed by atoms with Gasteiger partial charge in [-0.25, -0.2) is 4.79 Å². The van der Waals surface area contributed by atoms with E-state index >= 15 is 0 Å². The predicted octanol–water partition coefficient (Wildman–Crippen LogP) is 2.37. The Kier molecular flexibility index (Phi) is 3.26. The van der Waals surface area contributed by atoms with Gasteiger partial charge in [-0.15, -0.1) is 0 Å². The minimum absolute atomic E-state index is 0.314. The fourth-order valence-corrected chi connectivity index (χ4v) is 1.75. The van der Waals surface area contributed by atoms with Crippen molar-refractivity contribution in [3.05, 3.63) is 52.1 Å². The molecule has 7 heteroatoms. The van der Waals surface area contributed by atoms with Crippen LogP contribution in [0.3, 0.4) is 0 Å². The number of benzene rings is 2. The zero-order valence-electron chi connectivity index (χ0n) is 9.98. The van der Waals surface area contributed by atoms with Gasteiger partial charge in [0.15, 0.2) is 11.5 Å². The summed E-state index contributed by atoms with van der Waals surface area (Å²) in [4.78, 5) is 21.0. The van der Waals surface area contributed by atoms with Crippen LogP contribution in [0.5, 0.6) is 11.5 Å². The Bertz CT molecular complexity index is 710. The van der Waals surface area contributed by atoms with Crippen molar-refractivity contribution in [2.75, 3.05) is 0 Å². The molecule has 0 radical (unpaired) electrons. The summed E-state index contributed by atoms with van der Waals surface area (Å²) in [6, 6.07) is 7.54. The minimum Gasteiger partial charge on any atom is -0.504 e. The third-order valence-electron chi connectivity index (χ3n) is 2.73. The number of aromatic carboxylic acids is 1. The highest BCUT2D eigenvalue weighted by molar-refractivity contribution is 5.93. The fraction of sp³-hybridized carbons (Fsp3) is 0. The van der Waals surface area contributed by atoms with E-state index in [9.17, 15) is 25.1 Å². The summed E-state index contributed by atoms with van der Waals surface area (Å²) in [5, 5.41) is 38.4. The van der Waals surface area contributed by atoms with Crippen LogP contribution < -0.4 is 0 Å². The zero-order valence-corrected chi connectivity index (χ0v) is 9.98. The molecule has 3 N–H and O–H groups in total. The Balaban J connectivity index is 2.58. The van der Waals surface area contributed by atoms with Crippen LogP contribution in [0.15, 0.2) is 36.4 Å². The largest absolute Gasteiger partial charge is 0.504 e. The topological polar surface area (TPSA) is 121 Å². The lowest BCUT2D eigenvalue weighted by atomic mass is 10.0. The predicted molar refractivity (Wildman–Crippen MR) is 68.8 cm³/mol. The lowest BCUT2D eigenvalue weighted by Crippen LogP contribution is -2.02. The van der Waals surface area contributed by atoms with Crippen LogP contribution in [0.2, 0.25) is 0 Å². The average molecular weight is 275 g/mol. The van der Waals surface area contributed by atoms with Gasteiger partial charge in [-0.1, -0.05) is 12.1 Å². The Morgan fingerprint density at radius 3 is 2.15 bits per heavy atom. The number of phenolic OH excluding ortho intramolecular Hbond substituents is 2. The minimum atomic E-state index is -1.39. The second-order valence-electron chi connectivity index (χ2n) is 4.00. The van der Waals surface area contributed by atoms with Gasteiger partial charge in [0.05, 0.1) is 4.92 Å². The molecule has 0 aliphatic carbocycles. The van der Waals surface area contributed by atoms with Crippen molar-refractivity contribution in [3.8, 4) is 22.6 Å². The van der Waals surface area contributed by atoms with E-state index in [4.69, 9.17) is 5.11 Å². The molecule has 0 aliphatic heterocycles. The zero-order chi connectivity index (χ0) is 14.9. The molecule has 0 aromatic heterocycles. The monoisotopic (exact) mass is 275 g/mol. The van der Waals surface area contributed by atoms with Crippen LogP contribution in [0.25, 0.3) is 11.1 Å². The maximum atomic E-state index is 10.9. The van der Waals surface area contributed by atoms with Crippen LogP contribution in [-0.2, 0) is 0 Å². The number of nitro benzene ring substituents is 1. The third kappa shape index (κ3) is 2.37. The average Bonchev–Trinajstić information content (AvgIpc) is 2.41. The Morgan fingerprint density at radius 2 is 1.60 bits per heavy atom. The number of nitro groups is 1. The first-order valence-corrected chi connectivity index (χ1v) is 5.44. The molecule has 0 spiro atoms. The SMILES string of the molecule is O=C(O)c1ccc(-c2ccc(O)c(O)c2)cc1[N+](=O)[O-]. The molecule has 0 bridgehead atoms. The molecule has 20 heavy (non-hydrogen) atoms. The van der Waals surface area contributed by atoms with Gasteiger partial charge in [-0.2, -0.15) is 0 Å². The van der Waals surface area contributed by atoms with E-state index in [2.05, 4.69) is 0 Å². The van der Waals surface area contributed by atoms with Crippen LogP contribution in [0, 0.1) is 10.1 Å². The number of phenols is 2. The lowest BCUT2D eigenvalue weighted by molar-refractivity contribution is -0.385. The standard InChI is InChI=1S/C13H9NO6/c15-11-4-2-8(6-12(11)16)7-1-3-9(13(17)18)10(5-7)14(19)20/h1-6,15-16H,(H,17,18). The van der Waals surface area contributed by atoms with E-state index in [-0.39, 0.29) is 11.5 Å². The first kappa shape index (κ1) is 13.3. The van der Waals surface area contributed by atoms with Gasteiger partial charge in [0.25, 0.3) is 5.69 Å². The quantitative estimate of drug-likeness (QED) is 0.449. The molecule has 0 amide bonds. The van der Waals surface area contributed by atoms with Gasteiger partial charge in [-0.3, -0.25) is 10.1 Å². The molecule has 0 fully saturated rings. The first-order valence-electron chi connectivity index (χ1n) is 5.44. The second-order valence-corrected chi connectivity index (χ2v) is 4.00. The van der Waals surface area contributed by atoms with E-state index < -0.39 is 22.1 Å². The summed E-state index contributed by atoms with van der Waals surface area (Å²) in [6.07, 6.45) is 0. The second kappa shape index (κ2) is 4.88. The molecular weight excluding hydrogens is 266 g/mol. The molecule has 0 heterocycles. The molecule has 2 aromatic carbocycles. The Hall–Kier alpha value is -3.09. The number of hydrogen-bond donors (Lipinski definition) is 3. The van der Waals surface area contributed by atoms with Gasteiger partial charge in [0, 0.05) is 6.07 Å². The van der Waals surface area contributed by atoms with Gasteiger partial charge in [-0.05, 0) is 29.3 Å². The fourth-order valence-electron chi connectivity index (χ4n) is 1.75. The van der Waals surface area contributed by atoms with Crippen molar-refractivity contribution >= 4 is 11.7 Å². The summed E-state index contributed by atoms with van der Waals surface area (Å²) in [5.41, 5.74) is -0.179.